The van der Waals surface area contributed by atoms with Crippen LogP contribution < -0.4 is 21.3 Å². The second-order valence-corrected chi connectivity index (χ2v) is 7.99. The Bertz CT molecular complexity index is 1070. The molecule has 0 radical (unpaired) electrons. The van der Waals surface area contributed by atoms with Gasteiger partial charge in [-0.15, -0.1) is 0 Å². The Morgan fingerprint density at radius 3 is 2.30 bits per heavy atom. The summed E-state index contributed by atoms with van der Waals surface area (Å²) < 4.78 is 5.63. The third-order valence-electron chi connectivity index (χ3n) is 5.39. The number of morpholine rings is 1. The van der Waals surface area contributed by atoms with E-state index in [0.29, 0.717) is 35.6 Å². The molecular weight excluding hydrogens is 422 g/mol. The molecule has 9 nitrogen and oxygen atoms in total. The lowest BCUT2D eigenvalue weighted by Gasteiger charge is -2.41. The number of nitrogens with two attached hydrogens (primary N) is 1. The minimum atomic E-state index is -0.503. The van der Waals surface area contributed by atoms with Gasteiger partial charge in [-0.1, -0.05) is 0 Å². The smallest absolute Gasteiger partial charge is 0.255 e. The molecule has 0 bridgehead atoms. The van der Waals surface area contributed by atoms with Crippen LogP contribution in [0, 0.1) is 11.3 Å². The maximum Gasteiger partial charge on any atom is 0.255 e. The minimum absolute atomic E-state index is 0.0366. The highest BCUT2D eigenvalue weighted by atomic mass is 16.5. The first-order valence-electron chi connectivity index (χ1n) is 10.7. The molecule has 1 saturated heterocycles. The van der Waals surface area contributed by atoms with E-state index >= 15 is 0 Å². The van der Waals surface area contributed by atoms with Crippen LogP contribution in [0.25, 0.3) is 0 Å². The second-order valence-electron chi connectivity index (χ2n) is 7.99. The quantitative estimate of drug-likeness (QED) is 0.591. The largest absolute Gasteiger partial charge is 0.377 e. The number of amides is 3. The molecule has 1 fully saturated rings. The number of anilines is 2. The summed E-state index contributed by atoms with van der Waals surface area (Å²) in [5.41, 5.74) is 7.56. The van der Waals surface area contributed by atoms with E-state index in [1.165, 1.54) is 0 Å². The molecule has 1 aliphatic heterocycles. The fourth-order valence-electron chi connectivity index (χ4n) is 3.77. The normalized spacial score (nSPS) is 17.7. The van der Waals surface area contributed by atoms with Crippen LogP contribution in [0.2, 0.25) is 0 Å². The molecule has 0 aromatic heterocycles. The molecule has 2 aromatic carbocycles. The van der Waals surface area contributed by atoms with Crippen molar-refractivity contribution in [2.75, 3.05) is 30.0 Å². The summed E-state index contributed by atoms with van der Waals surface area (Å²) in [6.45, 7) is 5.28. The minimum Gasteiger partial charge on any atom is -0.377 e. The van der Waals surface area contributed by atoms with Gasteiger partial charge in [-0.2, -0.15) is 5.26 Å². The SMILES string of the molecule is CC1COCC(C)N1c1ccc(C(=O)NCCC(N)=O)cc1NC(=O)c1ccc(C#N)cc1. The van der Waals surface area contributed by atoms with E-state index in [1.807, 2.05) is 19.9 Å². The Balaban J connectivity index is 1.92. The lowest BCUT2D eigenvalue weighted by Crippen LogP contribution is -2.50. The third-order valence-corrected chi connectivity index (χ3v) is 5.39. The molecule has 1 heterocycles. The monoisotopic (exact) mass is 449 g/mol. The molecule has 9 heteroatoms. The van der Waals surface area contributed by atoms with Crippen molar-refractivity contribution in [3.8, 4) is 6.07 Å². The van der Waals surface area contributed by atoms with Gasteiger partial charge in [-0.05, 0) is 56.3 Å². The van der Waals surface area contributed by atoms with Gasteiger partial charge < -0.3 is 26.0 Å². The first-order valence-corrected chi connectivity index (χ1v) is 10.7. The molecule has 0 saturated carbocycles. The molecule has 2 unspecified atom stereocenters. The van der Waals surface area contributed by atoms with E-state index in [1.54, 1.807) is 42.5 Å². The van der Waals surface area contributed by atoms with Crippen LogP contribution in [0.4, 0.5) is 11.4 Å². The van der Waals surface area contributed by atoms with Crippen molar-refractivity contribution < 1.29 is 19.1 Å². The van der Waals surface area contributed by atoms with Crippen molar-refractivity contribution in [3.63, 3.8) is 0 Å². The summed E-state index contributed by atoms with van der Waals surface area (Å²) in [5, 5.41) is 14.5. The first-order chi connectivity index (χ1) is 15.8. The molecule has 33 heavy (non-hydrogen) atoms. The number of hydrogen-bond acceptors (Lipinski definition) is 6. The zero-order valence-electron chi connectivity index (χ0n) is 18.6. The molecule has 0 spiro atoms. The van der Waals surface area contributed by atoms with Crippen LogP contribution in [0.1, 0.15) is 46.5 Å². The van der Waals surface area contributed by atoms with Gasteiger partial charge in [0.2, 0.25) is 5.91 Å². The molecule has 172 valence electrons. The van der Waals surface area contributed by atoms with E-state index in [2.05, 4.69) is 15.5 Å². The number of rotatable bonds is 7. The second kappa shape index (κ2) is 10.6. The number of carbonyl (C=O) groups is 3. The summed E-state index contributed by atoms with van der Waals surface area (Å²) in [6, 6.07) is 13.6. The molecule has 2 aromatic rings. The zero-order chi connectivity index (χ0) is 24.0. The van der Waals surface area contributed by atoms with E-state index in [9.17, 15) is 14.4 Å². The van der Waals surface area contributed by atoms with Gasteiger partial charge in [0, 0.05) is 36.2 Å². The highest BCUT2D eigenvalue weighted by Crippen LogP contribution is 2.32. The van der Waals surface area contributed by atoms with E-state index in [0.717, 1.165) is 5.69 Å². The van der Waals surface area contributed by atoms with Gasteiger partial charge in [0.15, 0.2) is 0 Å². The summed E-state index contributed by atoms with van der Waals surface area (Å²) in [6.07, 6.45) is 0.0366. The summed E-state index contributed by atoms with van der Waals surface area (Å²) in [5.74, 6) is -1.24. The first kappa shape index (κ1) is 23.8. The number of nitriles is 1. The van der Waals surface area contributed by atoms with Gasteiger partial charge >= 0.3 is 0 Å². The third kappa shape index (κ3) is 5.87. The highest BCUT2D eigenvalue weighted by molar-refractivity contribution is 6.07. The highest BCUT2D eigenvalue weighted by Gasteiger charge is 2.28. The van der Waals surface area contributed by atoms with Gasteiger partial charge in [-0.3, -0.25) is 14.4 Å². The Hall–Kier alpha value is -3.90. The van der Waals surface area contributed by atoms with Crippen molar-refractivity contribution in [3.05, 3.63) is 59.2 Å². The van der Waals surface area contributed by atoms with E-state index in [-0.39, 0.29) is 36.9 Å². The summed E-state index contributed by atoms with van der Waals surface area (Å²) in [7, 11) is 0. The van der Waals surface area contributed by atoms with E-state index < -0.39 is 5.91 Å². The van der Waals surface area contributed by atoms with Gasteiger partial charge in [-0.25, -0.2) is 0 Å². The molecule has 1 aliphatic rings. The summed E-state index contributed by atoms with van der Waals surface area (Å²) >= 11 is 0. The van der Waals surface area contributed by atoms with Gasteiger partial charge in [0.05, 0.1) is 36.2 Å². The van der Waals surface area contributed by atoms with Crippen LogP contribution in [0.15, 0.2) is 42.5 Å². The molecule has 3 rings (SSSR count). The predicted octanol–water partition coefficient (Wildman–Crippen LogP) is 2.03. The molecule has 2 atom stereocenters. The average molecular weight is 450 g/mol. The van der Waals surface area contributed by atoms with Crippen LogP contribution in [0.3, 0.4) is 0 Å². The molecule has 0 aliphatic carbocycles. The van der Waals surface area contributed by atoms with Crippen molar-refractivity contribution in [1.29, 1.82) is 5.26 Å². The number of nitrogens with one attached hydrogen (secondary N) is 2. The van der Waals surface area contributed by atoms with Crippen molar-refractivity contribution in [1.82, 2.24) is 5.32 Å². The lowest BCUT2D eigenvalue weighted by atomic mass is 10.1. The van der Waals surface area contributed by atoms with Crippen molar-refractivity contribution in [2.24, 2.45) is 5.73 Å². The van der Waals surface area contributed by atoms with Crippen LogP contribution >= 0.6 is 0 Å². The summed E-state index contributed by atoms with van der Waals surface area (Å²) in [4.78, 5) is 38.6. The number of ether oxygens (including phenoxy) is 1. The van der Waals surface area contributed by atoms with Crippen LogP contribution in [-0.2, 0) is 9.53 Å². The maximum atomic E-state index is 13.0. The maximum absolute atomic E-state index is 13.0. The molecule has 4 N–H and O–H groups in total. The molecular formula is C24H27N5O4. The predicted molar refractivity (Wildman–Crippen MR) is 124 cm³/mol. The average Bonchev–Trinajstić information content (AvgIpc) is 2.79. The van der Waals surface area contributed by atoms with Crippen molar-refractivity contribution >= 4 is 29.1 Å². The molecule has 3 amide bonds. The Morgan fingerprint density at radius 2 is 1.70 bits per heavy atom. The lowest BCUT2D eigenvalue weighted by molar-refractivity contribution is -0.117. The van der Waals surface area contributed by atoms with Gasteiger partial charge in [0.1, 0.15) is 0 Å². The van der Waals surface area contributed by atoms with Crippen LogP contribution in [0.5, 0.6) is 0 Å². The number of hydrogen-bond donors (Lipinski definition) is 3. The Kier molecular flexibility index (Phi) is 7.64. The van der Waals surface area contributed by atoms with Gasteiger partial charge in [0.25, 0.3) is 11.8 Å². The standard InChI is InChI=1S/C24H27N5O4/c1-15-13-33-14-16(2)29(15)21-8-7-19(23(31)27-10-9-22(26)30)11-20(21)28-24(32)18-5-3-17(12-25)4-6-18/h3-8,11,15-16H,9-10,13-14H2,1-2H3,(H2,26,30)(H,27,31)(H,28,32). The van der Waals surface area contributed by atoms with Crippen molar-refractivity contribution in [2.45, 2.75) is 32.4 Å². The van der Waals surface area contributed by atoms with Crippen LogP contribution in [-0.4, -0.2) is 49.6 Å². The fourth-order valence-corrected chi connectivity index (χ4v) is 3.77. The topological polar surface area (TPSA) is 138 Å². The number of nitrogens with zero attached hydrogens (tertiary/aromatic N) is 2. The zero-order valence-corrected chi connectivity index (χ0v) is 18.6. The number of benzene rings is 2. The number of carbonyl (C=O) groups excluding carboxylic acids is 3. The Labute approximate surface area is 192 Å². The Morgan fingerprint density at radius 1 is 1.06 bits per heavy atom. The van der Waals surface area contributed by atoms with E-state index in [4.69, 9.17) is 15.7 Å². The fraction of sp³-hybridized carbons (Fsp3) is 0.333. The number of primary amides is 1.